The predicted octanol–water partition coefficient (Wildman–Crippen LogP) is 4.01. The zero-order valence-electron chi connectivity index (χ0n) is 14.1. The second kappa shape index (κ2) is 6.78. The number of hydrogen-bond donors (Lipinski definition) is 2. The van der Waals surface area contributed by atoms with Gasteiger partial charge in [-0.15, -0.1) is 13.2 Å². The molecule has 1 aliphatic rings. The van der Waals surface area contributed by atoms with Crippen LogP contribution < -0.4 is 20.1 Å². The van der Waals surface area contributed by atoms with E-state index in [4.69, 9.17) is 4.74 Å². The van der Waals surface area contributed by atoms with E-state index in [1.165, 1.54) is 19.1 Å². The van der Waals surface area contributed by atoms with Crippen LogP contribution in [0.1, 0.15) is 11.1 Å². The summed E-state index contributed by atoms with van der Waals surface area (Å²) in [5.41, 5.74) is 2.27. The Morgan fingerprint density at radius 1 is 1.23 bits per heavy atom. The summed E-state index contributed by atoms with van der Waals surface area (Å²) in [6, 6.07) is 9.67. The lowest BCUT2D eigenvalue weighted by atomic mass is 10.1. The van der Waals surface area contributed by atoms with Crippen molar-refractivity contribution in [3.05, 3.63) is 47.5 Å². The Morgan fingerprint density at radius 3 is 2.73 bits per heavy atom. The molecule has 0 saturated carbocycles. The van der Waals surface area contributed by atoms with Gasteiger partial charge in [0.05, 0.1) is 12.2 Å². The average molecular weight is 366 g/mol. The van der Waals surface area contributed by atoms with E-state index in [0.717, 1.165) is 17.3 Å². The number of amides is 1. The number of fused-ring (bicyclic) bond motifs is 1. The summed E-state index contributed by atoms with van der Waals surface area (Å²) in [6.45, 7) is 3.64. The van der Waals surface area contributed by atoms with Crippen molar-refractivity contribution in [1.29, 1.82) is 0 Å². The van der Waals surface area contributed by atoms with Gasteiger partial charge in [-0.2, -0.15) is 0 Å². The molecule has 26 heavy (non-hydrogen) atoms. The minimum Gasteiger partial charge on any atom is -0.477 e. The van der Waals surface area contributed by atoms with E-state index < -0.39 is 18.4 Å². The van der Waals surface area contributed by atoms with Crippen molar-refractivity contribution in [3.8, 4) is 11.5 Å². The number of rotatable bonds is 3. The van der Waals surface area contributed by atoms with Gasteiger partial charge in [-0.25, -0.2) is 0 Å². The van der Waals surface area contributed by atoms with E-state index in [0.29, 0.717) is 11.3 Å². The Balaban J connectivity index is 1.71. The Hall–Kier alpha value is -2.90. The average Bonchev–Trinajstić information content (AvgIpc) is 2.56. The van der Waals surface area contributed by atoms with Crippen LogP contribution in [0.2, 0.25) is 0 Å². The highest BCUT2D eigenvalue weighted by Crippen LogP contribution is 2.31. The molecule has 3 rings (SSSR count). The summed E-state index contributed by atoms with van der Waals surface area (Å²) in [5, 5.41) is 5.66. The van der Waals surface area contributed by atoms with E-state index in [2.05, 4.69) is 15.4 Å². The zero-order chi connectivity index (χ0) is 18.9. The first-order valence-corrected chi connectivity index (χ1v) is 7.90. The van der Waals surface area contributed by atoms with Crippen LogP contribution in [-0.2, 0) is 4.79 Å². The SMILES string of the molecule is Cc1ccc2c(c1)OC(C(=O)Nc1ccc(C)c(OC(F)(F)F)c1)CN2. The number of hydrogen-bond acceptors (Lipinski definition) is 4. The summed E-state index contributed by atoms with van der Waals surface area (Å²) in [5.74, 6) is -0.271. The van der Waals surface area contributed by atoms with Crippen LogP contribution in [0.3, 0.4) is 0 Å². The van der Waals surface area contributed by atoms with Crippen molar-refractivity contribution in [2.45, 2.75) is 26.3 Å². The van der Waals surface area contributed by atoms with Crippen LogP contribution >= 0.6 is 0 Å². The molecule has 1 unspecified atom stereocenters. The fourth-order valence-corrected chi connectivity index (χ4v) is 2.55. The van der Waals surface area contributed by atoms with Gasteiger partial charge in [0.2, 0.25) is 0 Å². The molecule has 1 aliphatic heterocycles. The van der Waals surface area contributed by atoms with Gasteiger partial charge in [-0.1, -0.05) is 12.1 Å². The minimum atomic E-state index is -4.80. The maximum atomic E-state index is 12.4. The molecule has 2 aromatic carbocycles. The fourth-order valence-electron chi connectivity index (χ4n) is 2.55. The van der Waals surface area contributed by atoms with Gasteiger partial charge in [-0.3, -0.25) is 4.79 Å². The Kier molecular flexibility index (Phi) is 4.67. The molecular weight excluding hydrogens is 349 g/mol. The molecule has 0 saturated heterocycles. The molecule has 0 aliphatic carbocycles. The van der Waals surface area contributed by atoms with Crippen molar-refractivity contribution >= 4 is 17.3 Å². The molecular formula is C18H17F3N2O3. The van der Waals surface area contributed by atoms with Crippen LogP contribution in [0, 0.1) is 13.8 Å². The maximum absolute atomic E-state index is 12.4. The van der Waals surface area contributed by atoms with Crippen LogP contribution in [0.5, 0.6) is 11.5 Å². The number of benzene rings is 2. The molecule has 2 N–H and O–H groups in total. The molecule has 0 bridgehead atoms. The molecule has 8 heteroatoms. The third kappa shape index (κ3) is 4.19. The summed E-state index contributed by atoms with van der Waals surface area (Å²) in [4.78, 5) is 12.4. The van der Waals surface area contributed by atoms with Crippen LogP contribution in [0.15, 0.2) is 36.4 Å². The van der Waals surface area contributed by atoms with Gasteiger partial charge >= 0.3 is 6.36 Å². The highest BCUT2D eigenvalue weighted by atomic mass is 19.4. The minimum absolute atomic E-state index is 0.193. The number of alkyl halides is 3. The number of halogens is 3. The number of ether oxygens (including phenoxy) is 2. The quantitative estimate of drug-likeness (QED) is 0.862. The zero-order valence-corrected chi connectivity index (χ0v) is 14.1. The summed E-state index contributed by atoms with van der Waals surface area (Å²) in [7, 11) is 0. The van der Waals surface area contributed by atoms with E-state index in [1.807, 2.05) is 25.1 Å². The molecule has 0 fully saturated rings. The van der Waals surface area contributed by atoms with Crippen molar-refractivity contribution in [2.24, 2.45) is 0 Å². The van der Waals surface area contributed by atoms with Crippen molar-refractivity contribution in [3.63, 3.8) is 0 Å². The second-order valence-electron chi connectivity index (χ2n) is 6.00. The molecule has 5 nitrogen and oxygen atoms in total. The monoisotopic (exact) mass is 366 g/mol. The highest BCUT2D eigenvalue weighted by Gasteiger charge is 2.32. The number of anilines is 2. The van der Waals surface area contributed by atoms with E-state index >= 15 is 0 Å². The molecule has 0 aromatic heterocycles. The molecule has 138 valence electrons. The van der Waals surface area contributed by atoms with Gasteiger partial charge < -0.3 is 20.1 Å². The smallest absolute Gasteiger partial charge is 0.477 e. The van der Waals surface area contributed by atoms with Gasteiger partial charge in [0, 0.05) is 11.8 Å². The Morgan fingerprint density at radius 2 is 2.00 bits per heavy atom. The summed E-state index contributed by atoms with van der Waals surface area (Å²) in [6.07, 6.45) is -5.61. The van der Waals surface area contributed by atoms with Crippen LogP contribution in [0.4, 0.5) is 24.5 Å². The van der Waals surface area contributed by atoms with Crippen molar-refractivity contribution in [2.75, 3.05) is 17.2 Å². The second-order valence-corrected chi connectivity index (χ2v) is 6.00. The molecule has 1 amide bonds. The summed E-state index contributed by atoms with van der Waals surface area (Å²) >= 11 is 0. The standard InChI is InChI=1S/C18H17F3N2O3/c1-10-3-6-13-15(7-10)25-16(9-22-13)17(24)23-12-5-4-11(2)14(8-12)26-18(19,20)21/h3-8,16,22H,9H2,1-2H3,(H,23,24). The molecule has 1 heterocycles. The third-order valence-electron chi connectivity index (χ3n) is 3.86. The third-order valence-corrected chi connectivity index (χ3v) is 3.86. The largest absolute Gasteiger partial charge is 0.573 e. The molecule has 1 atom stereocenters. The Labute approximate surface area is 148 Å². The first-order chi connectivity index (χ1) is 12.2. The molecule has 0 radical (unpaired) electrons. The van der Waals surface area contributed by atoms with Crippen LogP contribution in [-0.4, -0.2) is 24.9 Å². The van der Waals surface area contributed by atoms with E-state index in [1.54, 1.807) is 0 Å². The molecule has 0 spiro atoms. The first-order valence-electron chi connectivity index (χ1n) is 7.90. The topological polar surface area (TPSA) is 59.6 Å². The molecule has 2 aromatic rings. The number of carbonyl (C=O) groups excluding carboxylic acids is 1. The van der Waals surface area contributed by atoms with Crippen molar-refractivity contribution < 1.29 is 27.4 Å². The number of carbonyl (C=O) groups is 1. The normalized spacial score (nSPS) is 16.1. The highest BCUT2D eigenvalue weighted by molar-refractivity contribution is 5.95. The Bertz CT molecular complexity index is 837. The maximum Gasteiger partial charge on any atom is 0.573 e. The van der Waals surface area contributed by atoms with Gasteiger partial charge in [0.15, 0.2) is 6.10 Å². The lowest BCUT2D eigenvalue weighted by molar-refractivity contribution is -0.274. The lowest BCUT2D eigenvalue weighted by Crippen LogP contribution is -2.41. The van der Waals surface area contributed by atoms with Gasteiger partial charge in [-0.05, 0) is 43.2 Å². The van der Waals surface area contributed by atoms with E-state index in [9.17, 15) is 18.0 Å². The van der Waals surface area contributed by atoms with Crippen LogP contribution in [0.25, 0.3) is 0 Å². The van der Waals surface area contributed by atoms with Gasteiger partial charge in [0.1, 0.15) is 11.5 Å². The van der Waals surface area contributed by atoms with Crippen molar-refractivity contribution in [1.82, 2.24) is 0 Å². The van der Waals surface area contributed by atoms with Gasteiger partial charge in [0.25, 0.3) is 5.91 Å². The number of aryl methyl sites for hydroxylation is 2. The fraction of sp³-hybridized carbons (Fsp3) is 0.278. The number of nitrogens with one attached hydrogen (secondary N) is 2. The van der Waals surface area contributed by atoms with E-state index in [-0.39, 0.29) is 18.0 Å². The first kappa shape index (κ1) is 17.9. The lowest BCUT2D eigenvalue weighted by Gasteiger charge is -2.27. The summed E-state index contributed by atoms with van der Waals surface area (Å²) < 4.78 is 47.0. The predicted molar refractivity (Wildman–Crippen MR) is 90.6 cm³/mol.